The third kappa shape index (κ3) is 5.34. The molecule has 6 nitrogen and oxygen atoms in total. The van der Waals surface area contributed by atoms with Gasteiger partial charge in [0.25, 0.3) is 0 Å². The monoisotopic (exact) mass is 347 g/mol. The summed E-state index contributed by atoms with van der Waals surface area (Å²) < 4.78 is 10.8. The minimum atomic E-state index is 0.153. The summed E-state index contributed by atoms with van der Waals surface area (Å²) in [5, 5.41) is 3.02. The standard InChI is InChI=1S/C19H29N3O3/c1-2-3-4-7-20-19(23)14-22-10-8-21(9-11-22)13-16-5-6-17-18(12-16)25-15-24-17/h5-6,12H,2-4,7-11,13-15H2,1H3,(H,20,23). The number of carbonyl (C=O) groups is 1. The normalized spacial score (nSPS) is 17.6. The van der Waals surface area contributed by atoms with E-state index in [4.69, 9.17) is 9.47 Å². The van der Waals surface area contributed by atoms with Gasteiger partial charge in [-0.25, -0.2) is 0 Å². The Bertz CT molecular complexity index is 571. The fraction of sp³-hybridized carbons (Fsp3) is 0.632. The van der Waals surface area contributed by atoms with Gasteiger partial charge in [-0.05, 0) is 24.1 Å². The Hall–Kier alpha value is -1.79. The van der Waals surface area contributed by atoms with E-state index in [9.17, 15) is 4.79 Å². The van der Waals surface area contributed by atoms with E-state index in [2.05, 4.69) is 34.2 Å². The van der Waals surface area contributed by atoms with Crippen molar-refractivity contribution >= 4 is 5.91 Å². The SMILES string of the molecule is CCCCCNC(=O)CN1CCN(Cc2ccc3c(c2)OCO3)CC1. The first kappa shape index (κ1) is 18.0. The molecule has 2 aliphatic heterocycles. The van der Waals surface area contributed by atoms with Crippen molar-refractivity contribution in [1.82, 2.24) is 15.1 Å². The van der Waals surface area contributed by atoms with Crippen LogP contribution in [-0.2, 0) is 11.3 Å². The van der Waals surface area contributed by atoms with Crippen molar-refractivity contribution in [3.05, 3.63) is 23.8 Å². The number of piperazine rings is 1. The van der Waals surface area contributed by atoms with Crippen molar-refractivity contribution in [3.63, 3.8) is 0 Å². The lowest BCUT2D eigenvalue weighted by Gasteiger charge is -2.34. The van der Waals surface area contributed by atoms with Gasteiger partial charge >= 0.3 is 0 Å². The average Bonchev–Trinajstić information content (AvgIpc) is 3.08. The van der Waals surface area contributed by atoms with E-state index in [1.807, 2.05) is 6.07 Å². The van der Waals surface area contributed by atoms with Crippen molar-refractivity contribution in [2.24, 2.45) is 0 Å². The third-order valence-electron chi connectivity index (χ3n) is 4.78. The molecule has 1 N–H and O–H groups in total. The maximum atomic E-state index is 12.0. The molecule has 2 aliphatic rings. The number of hydrogen-bond acceptors (Lipinski definition) is 5. The maximum Gasteiger partial charge on any atom is 0.234 e. The predicted octanol–water partition coefficient (Wildman–Crippen LogP) is 1.84. The molecule has 138 valence electrons. The van der Waals surface area contributed by atoms with Gasteiger partial charge < -0.3 is 14.8 Å². The summed E-state index contributed by atoms with van der Waals surface area (Å²) in [5.41, 5.74) is 1.24. The van der Waals surface area contributed by atoms with Crippen LogP contribution < -0.4 is 14.8 Å². The molecule has 1 amide bonds. The molecule has 0 aromatic heterocycles. The molecule has 1 aromatic carbocycles. The highest BCUT2D eigenvalue weighted by molar-refractivity contribution is 5.77. The Morgan fingerprint density at radius 3 is 2.64 bits per heavy atom. The number of rotatable bonds is 8. The summed E-state index contributed by atoms with van der Waals surface area (Å²) in [5.74, 6) is 1.83. The number of unbranched alkanes of at least 4 members (excludes halogenated alkanes) is 2. The quantitative estimate of drug-likeness (QED) is 0.727. The van der Waals surface area contributed by atoms with Crippen LogP contribution >= 0.6 is 0 Å². The molecule has 6 heteroatoms. The Morgan fingerprint density at radius 1 is 1.08 bits per heavy atom. The van der Waals surface area contributed by atoms with Crippen LogP contribution in [0, 0.1) is 0 Å². The largest absolute Gasteiger partial charge is 0.454 e. The van der Waals surface area contributed by atoms with Gasteiger partial charge in [-0.3, -0.25) is 14.6 Å². The maximum absolute atomic E-state index is 12.0. The fourth-order valence-corrected chi connectivity index (χ4v) is 3.26. The molecular weight excluding hydrogens is 318 g/mol. The molecule has 0 aliphatic carbocycles. The topological polar surface area (TPSA) is 54.0 Å². The lowest BCUT2D eigenvalue weighted by atomic mass is 10.1. The molecule has 0 unspecified atom stereocenters. The molecule has 3 rings (SSSR count). The summed E-state index contributed by atoms with van der Waals surface area (Å²) in [7, 11) is 0. The summed E-state index contributed by atoms with van der Waals surface area (Å²) in [6.07, 6.45) is 3.44. The number of amides is 1. The highest BCUT2D eigenvalue weighted by Gasteiger charge is 2.20. The van der Waals surface area contributed by atoms with E-state index in [0.717, 1.165) is 57.2 Å². The molecule has 0 bridgehead atoms. The zero-order chi connectivity index (χ0) is 17.5. The van der Waals surface area contributed by atoms with Crippen LogP contribution in [0.25, 0.3) is 0 Å². The van der Waals surface area contributed by atoms with Gasteiger partial charge in [0.1, 0.15) is 0 Å². The molecule has 0 saturated carbocycles. The van der Waals surface area contributed by atoms with Gasteiger partial charge in [0.05, 0.1) is 6.54 Å². The van der Waals surface area contributed by atoms with E-state index in [1.165, 1.54) is 18.4 Å². The second kappa shape index (κ2) is 9.06. The molecule has 0 atom stereocenters. The first-order valence-electron chi connectivity index (χ1n) is 9.34. The predicted molar refractivity (Wildman–Crippen MR) is 96.8 cm³/mol. The summed E-state index contributed by atoms with van der Waals surface area (Å²) in [4.78, 5) is 16.6. The minimum absolute atomic E-state index is 0.153. The van der Waals surface area contributed by atoms with Crippen molar-refractivity contribution in [2.45, 2.75) is 32.7 Å². The number of fused-ring (bicyclic) bond motifs is 1. The van der Waals surface area contributed by atoms with Gasteiger partial charge in [-0.1, -0.05) is 25.8 Å². The van der Waals surface area contributed by atoms with Crippen LogP contribution in [0.3, 0.4) is 0 Å². The zero-order valence-corrected chi connectivity index (χ0v) is 15.1. The molecule has 1 fully saturated rings. The van der Waals surface area contributed by atoms with E-state index >= 15 is 0 Å². The van der Waals surface area contributed by atoms with Crippen LogP contribution in [0.2, 0.25) is 0 Å². The van der Waals surface area contributed by atoms with Crippen molar-refractivity contribution in [1.29, 1.82) is 0 Å². The van der Waals surface area contributed by atoms with Gasteiger partial charge in [0, 0.05) is 39.3 Å². The van der Waals surface area contributed by atoms with Crippen molar-refractivity contribution in [3.8, 4) is 11.5 Å². The number of benzene rings is 1. The van der Waals surface area contributed by atoms with Gasteiger partial charge in [0.2, 0.25) is 12.7 Å². The molecule has 1 aromatic rings. The molecule has 2 heterocycles. The van der Waals surface area contributed by atoms with Crippen molar-refractivity contribution in [2.75, 3.05) is 46.1 Å². The number of ether oxygens (including phenoxy) is 2. The fourth-order valence-electron chi connectivity index (χ4n) is 3.26. The first-order valence-corrected chi connectivity index (χ1v) is 9.34. The van der Waals surface area contributed by atoms with Crippen LogP contribution in [0.5, 0.6) is 11.5 Å². The van der Waals surface area contributed by atoms with E-state index in [-0.39, 0.29) is 5.91 Å². The third-order valence-corrected chi connectivity index (χ3v) is 4.78. The van der Waals surface area contributed by atoms with E-state index in [1.54, 1.807) is 0 Å². The molecule has 25 heavy (non-hydrogen) atoms. The summed E-state index contributed by atoms with van der Waals surface area (Å²) >= 11 is 0. The Kier molecular flexibility index (Phi) is 6.53. The highest BCUT2D eigenvalue weighted by atomic mass is 16.7. The molecule has 0 spiro atoms. The molecule has 1 saturated heterocycles. The lowest BCUT2D eigenvalue weighted by Crippen LogP contribution is -2.49. The van der Waals surface area contributed by atoms with Gasteiger partial charge in [-0.2, -0.15) is 0 Å². The Morgan fingerprint density at radius 2 is 1.84 bits per heavy atom. The zero-order valence-electron chi connectivity index (χ0n) is 15.1. The number of carbonyl (C=O) groups excluding carboxylic acids is 1. The van der Waals surface area contributed by atoms with Crippen LogP contribution in [0.1, 0.15) is 31.7 Å². The summed E-state index contributed by atoms with van der Waals surface area (Å²) in [6.45, 7) is 8.56. The summed E-state index contributed by atoms with van der Waals surface area (Å²) in [6, 6.07) is 6.15. The van der Waals surface area contributed by atoms with E-state index < -0.39 is 0 Å². The first-order chi connectivity index (χ1) is 12.2. The van der Waals surface area contributed by atoms with Gasteiger partial charge in [0.15, 0.2) is 11.5 Å². The van der Waals surface area contributed by atoms with Crippen LogP contribution in [0.15, 0.2) is 18.2 Å². The van der Waals surface area contributed by atoms with Crippen LogP contribution in [0.4, 0.5) is 0 Å². The number of hydrogen-bond donors (Lipinski definition) is 1. The number of nitrogens with zero attached hydrogens (tertiary/aromatic N) is 2. The average molecular weight is 347 g/mol. The Balaban J connectivity index is 1.36. The lowest BCUT2D eigenvalue weighted by molar-refractivity contribution is -0.122. The van der Waals surface area contributed by atoms with Gasteiger partial charge in [-0.15, -0.1) is 0 Å². The highest BCUT2D eigenvalue weighted by Crippen LogP contribution is 2.32. The van der Waals surface area contributed by atoms with Crippen LogP contribution in [-0.4, -0.2) is 61.8 Å². The smallest absolute Gasteiger partial charge is 0.234 e. The molecular formula is C19H29N3O3. The second-order valence-corrected chi connectivity index (χ2v) is 6.80. The van der Waals surface area contributed by atoms with E-state index in [0.29, 0.717) is 13.3 Å². The Labute approximate surface area is 150 Å². The number of nitrogens with one attached hydrogen (secondary N) is 1. The second-order valence-electron chi connectivity index (χ2n) is 6.80. The minimum Gasteiger partial charge on any atom is -0.454 e. The molecule has 0 radical (unpaired) electrons. The van der Waals surface area contributed by atoms with Crippen molar-refractivity contribution < 1.29 is 14.3 Å².